The highest BCUT2D eigenvalue weighted by Gasteiger charge is 2.40. The first-order valence-electron chi connectivity index (χ1n) is 24.5. The zero-order valence-corrected chi connectivity index (χ0v) is 41.3. The number of hydrogen-bond donors (Lipinski definition) is 13. The van der Waals surface area contributed by atoms with Crippen molar-refractivity contribution in [1.29, 1.82) is 0 Å². The standard InChI is InChI=1S/C47H72N12O14/c1-3-25(2)9-6-4-5-7-10-27-20-40(66)53-31(21-37(49)63)43(69)55-30(19-26-12-14-28(61)15-13-26)42(68)56-32(22-38(50)64)44(70)54-29(16-17-36(48)62)41(67)58-34(24-60)45(71)57-33(23-39(51)65)47(73)59-18-8-11-35(59)46(72)52-27/h12-15,25,27,29-35,60-61H,3-11,16-24H2,1-2H3,(H2,48,62)(H2,49,63)(H2,50,64)(H2,51,65)(H,52,72)(H,53,66)(H,54,70)(H,55,69)(H,56,68)(H,57,71)(H,58,67)/t25-,27+,29+,30-,31+,32+,33+,34+,35-/m1/s1. The highest BCUT2D eigenvalue weighted by molar-refractivity contribution is 6.00. The predicted octanol–water partition coefficient (Wildman–Crippen LogP) is -4.01. The van der Waals surface area contributed by atoms with E-state index in [0.29, 0.717) is 24.3 Å². The number of nitrogens with two attached hydrogens (primary N) is 4. The third-order valence-corrected chi connectivity index (χ3v) is 12.6. The molecule has 0 bridgehead atoms. The van der Waals surface area contributed by atoms with E-state index in [4.69, 9.17) is 22.9 Å². The molecule has 2 aliphatic heterocycles. The Labute approximate surface area is 422 Å². The number of phenols is 1. The SMILES string of the molecule is CC[C@@H](C)CCCCCC[C@H]1CC(=O)N[C@@H](CC(N)=O)C(=O)N[C@H](Cc2ccc(O)cc2)C(=O)N[C@@H](CC(N)=O)C(=O)N[C@@H](CCC(N)=O)C(=O)N[C@@H](CO)C(=O)N[C@@H](CC(N)=O)C(=O)N2CCC[C@@H]2C(=O)N1. The van der Waals surface area contributed by atoms with Gasteiger partial charge in [0.1, 0.15) is 48.0 Å². The first kappa shape index (κ1) is 59.9. The van der Waals surface area contributed by atoms with Crippen LogP contribution in [-0.4, -0.2) is 147 Å². The third kappa shape index (κ3) is 20.7. The summed E-state index contributed by atoms with van der Waals surface area (Å²) in [5.74, 6) is -12.2. The molecule has 73 heavy (non-hydrogen) atoms. The fourth-order valence-corrected chi connectivity index (χ4v) is 8.35. The van der Waals surface area contributed by atoms with Gasteiger partial charge in [-0.3, -0.25) is 57.5 Å². The summed E-state index contributed by atoms with van der Waals surface area (Å²) in [6.07, 6.45) is 1.42. The molecule has 17 N–H and O–H groups in total. The minimum absolute atomic E-state index is 0.0173. The van der Waals surface area contributed by atoms with Crippen LogP contribution in [0.4, 0.5) is 0 Å². The molecule has 1 aromatic carbocycles. The van der Waals surface area contributed by atoms with Crippen LogP contribution in [0.25, 0.3) is 0 Å². The third-order valence-electron chi connectivity index (χ3n) is 12.6. The van der Waals surface area contributed by atoms with Crippen LogP contribution in [0.5, 0.6) is 5.75 Å². The highest BCUT2D eigenvalue weighted by atomic mass is 16.3. The number of rotatable bonds is 20. The molecule has 12 amide bonds. The molecule has 1 aromatic rings. The molecule has 0 radical (unpaired) electrons. The summed E-state index contributed by atoms with van der Waals surface area (Å²) in [5, 5.41) is 37.0. The zero-order chi connectivity index (χ0) is 54.4. The zero-order valence-electron chi connectivity index (χ0n) is 41.3. The van der Waals surface area contributed by atoms with Gasteiger partial charge in [-0.05, 0) is 49.3 Å². The number of primary amides is 4. The summed E-state index contributed by atoms with van der Waals surface area (Å²) in [4.78, 5) is 162. The molecule has 0 unspecified atom stereocenters. The first-order chi connectivity index (χ1) is 34.5. The van der Waals surface area contributed by atoms with Crippen molar-refractivity contribution in [3.8, 4) is 5.75 Å². The minimum Gasteiger partial charge on any atom is -0.508 e. The van der Waals surface area contributed by atoms with E-state index in [1.807, 2.05) is 0 Å². The van der Waals surface area contributed by atoms with Gasteiger partial charge < -0.3 is 75.3 Å². The van der Waals surface area contributed by atoms with Gasteiger partial charge in [0.25, 0.3) is 0 Å². The Morgan fingerprint density at radius 3 is 1.71 bits per heavy atom. The Kier molecular flexibility index (Phi) is 24.5. The van der Waals surface area contributed by atoms with Crippen molar-refractivity contribution in [2.24, 2.45) is 28.9 Å². The summed E-state index contributed by atoms with van der Waals surface area (Å²) in [5.41, 5.74) is 22.1. The molecule has 2 fully saturated rings. The van der Waals surface area contributed by atoms with Gasteiger partial charge in [-0.15, -0.1) is 0 Å². The monoisotopic (exact) mass is 1030 g/mol. The Morgan fingerprint density at radius 2 is 1.12 bits per heavy atom. The fraction of sp³-hybridized carbons (Fsp3) is 0.617. The van der Waals surface area contributed by atoms with Crippen molar-refractivity contribution in [3.05, 3.63) is 29.8 Å². The van der Waals surface area contributed by atoms with Gasteiger partial charge in [-0.2, -0.15) is 0 Å². The molecule has 9 atom stereocenters. The Morgan fingerprint density at radius 1 is 0.616 bits per heavy atom. The number of unbranched alkanes of at least 4 members (excludes halogenated alkanes) is 3. The van der Waals surface area contributed by atoms with E-state index in [9.17, 15) is 67.7 Å². The predicted molar refractivity (Wildman–Crippen MR) is 259 cm³/mol. The van der Waals surface area contributed by atoms with Gasteiger partial charge in [0.15, 0.2) is 0 Å². The van der Waals surface area contributed by atoms with Crippen molar-refractivity contribution in [1.82, 2.24) is 42.1 Å². The molecular weight excluding hydrogens is 957 g/mol. The second-order valence-electron chi connectivity index (χ2n) is 18.6. The number of carbonyl (C=O) groups excluding carboxylic acids is 12. The molecule has 0 spiro atoms. The van der Waals surface area contributed by atoms with Gasteiger partial charge in [0, 0.05) is 31.8 Å². The smallest absolute Gasteiger partial charge is 0.246 e. The van der Waals surface area contributed by atoms with E-state index in [1.54, 1.807) is 0 Å². The lowest BCUT2D eigenvalue weighted by Crippen LogP contribution is -2.61. The van der Waals surface area contributed by atoms with E-state index in [2.05, 4.69) is 51.1 Å². The summed E-state index contributed by atoms with van der Waals surface area (Å²) < 4.78 is 0. The molecule has 26 heteroatoms. The lowest BCUT2D eigenvalue weighted by atomic mass is 9.98. The van der Waals surface area contributed by atoms with Crippen molar-refractivity contribution < 1.29 is 67.7 Å². The van der Waals surface area contributed by atoms with Crippen LogP contribution in [0.15, 0.2) is 24.3 Å². The highest BCUT2D eigenvalue weighted by Crippen LogP contribution is 2.21. The van der Waals surface area contributed by atoms with Crippen molar-refractivity contribution in [3.63, 3.8) is 0 Å². The number of nitrogens with one attached hydrogen (secondary N) is 7. The number of benzene rings is 1. The topological polar surface area (TPSA) is 437 Å². The average Bonchev–Trinajstić information content (AvgIpc) is 3.82. The van der Waals surface area contributed by atoms with E-state index in [1.165, 1.54) is 24.3 Å². The van der Waals surface area contributed by atoms with Crippen LogP contribution in [0.3, 0.4) is 0 Å². The van der Waals surface area contributed by atoms with Gasteiger partial charge in [0.2, 0.25) is 70.9 Å². The quantitative estimate of drug-likeness (QED) is 0.0554. The molecule has 0 aliphatic carbocycles. The molecule has 2 saturated heterocycles. The Hall–Kier alpha value is -7.38. The van der Waals surface area contributed by atoms with Crippen LogP contribution >= 0.6 is 0 Å². The lowest BCUT2D eigenvalue weighted by Gasteiger charge is -2.30. The maximum atomic E-state index is 14.2. The largest absolute Gasteiger partial charge is 0.508 e. The normalized spacial score (nSPS) is 24.7. The molecule has 0 saturated carbocycles. The number of hydrogen-bond acceptors (Lipinski definition) is 14. The fourth-order valence-electron chi connectivity index (χ4n) is 8.35. The van der Waals surface area contributed by atoms with E-state index in [-0.39, 0.29) is 31.6 Å². The molecular formula is C47H72N12O14. The van der Waals surface area contributed by atoms with Crippen molar-refractivity contribution in [2.75, 3.05) is 13.2 Å². The second-order valence-corrected chi connectivity index (χ2v) is 18.6. The maximum absolute atomic E-state index is 14.2. The number of phenolic OH excluding ortho intramolecular Hbond substituents is 1. The average molecular weight is 1030 g/mol. The Balaban J connectivity index is 2.15. The first-order valence-corrected chi connectivity index (χ1v) is 24.5. The molecule has 26 nitrogen and oxygen atoms in total. The van der Waals surface area contributed by atoms with Crippen LogP contribution < -0.4 is 60.2 Å². The van der Waals surface area contributed by atoms with Crippen molar-refractivity contribution >= 4 is 70.9 Å². The number of nitrogens with zero attached hydrogens (tertiary/aromatic N) is 1. The summed E-state index contributed by atoms with van der Waals surface area (Å²) >= 11 is 0. The molecule has 3 rings (SSSR count). The lowest BCUT2D eigenvalue weighted by molar-refractivity contribution is -0.143. The van der Waals surface area contributed by atoms with Gasteiger partial charge in [-0.1, -0.05) is 64.5 Å². The molecule has 2 aliphatic rings. The molecule has 2 heterocycles. The Bertz CT molecular complexity index is 2160. The van der Waals surface area contributed by atoms with Gasteiger partial charge in [-0.25, -0.2) is 0 Å². The van der Waals surface area contributed by atoms with Gasteiger partial charge >= 0.3 is 0 Å². The number of amides is 12. The number of aliphatic hydroxyl groups is 1. The van der Waals surface area contributed by atoms with Crippen LogP contribution in [0.1, 0.15) is 116 Å². The maximum Gasteiger partial charge on any atom is 0.246 e. The second kappa shape index (κ2) is 29.8. The number of carbonyl (C=O) groups is 12. The van der Waals surface area contributed by atoms with E-state index < -0.39 is 164 Å². The van der Waals surface area contributed by atoms with E-state index in [0.717, 1.165) is 37.0 Å². The van der Waals surface area contributed by atoms with Crippen molar-refractivity contribution in [2.45, 2.75) is 165 Å². The molecule has 0 aromatic heterocycles. The summed E-state index contributed by atoms with van der Waals surface area (Å²) in [6.45, 7) is 3.12. The van der Waals surface area contributed by atoms with E-state index >= 15 is 0 Å². The summed E-state index contributed by atoms with van der Waals surface area (Å²) in [6, 6.07) is -7.40. The van der Waals surface area contributed by atoms with Crippen LogP contribution in [-0.2, 0) is 64.0 Å². The van der Waals surface area contributed by atoms with Crippen LogP contribution in [0.2, 0.25) is 0 Å². The summed E-state index contributed by atoms with van der Waals surface area (Å²) in [7, 11) is 0. The number of fused-ring (bicyclic) bond motifs is 1. The number of aromatic hydroxyl groups is 1. The molecule has 404 valence electrons. The minimum atomic E-state index is -1.90. The van der Waals surface area contributed by atoms with Gasteiger partial charge in [0.05, 0.1) is 25.9 Å². The number of aliphatic hydroxyl groups excluding tert-OH is 1. The van der Waals surface area contributed by atoms with Crippen LogP contribution in [0, 0.1) is 5.92 Å².